The number of carbonyl (C=O) groups excluding carboxylic acids is 1. The molecule has 0 saturated carbocycles. The van der Waals surface area contributed by atoms with Crippen molar-refractivity contribution < 1.29 is 18.3 Å². The van der Waals surface area contributed by atoms with Gasteiger partial charge in [-0.3, -0.25) is 4.79 Å². The molecule has 0 atom stereocenters. The zero-order chi connectivity index (χ0) is 11.3. The number of alkyl halides is 2. The average molecular weight is 215 g/mol. The van der Waals surface area contributed by atoms with Crippen molar-refractivity contribution in [3.8, 4) is 5.88 Å². The van der Waals surface area contributed by atoms with Gasteiger partial charge in [-0.05, 0) is 6.07 Å². The van der Waals surface area contributed by atoms with E-state index in [9.17, 15) is 13.6 Å². The largest absolute Gasteiger partial charge is 0.472 e. The van der Waals surface area contributed by atoms with Gasteiger partial charge in [-0.1, -0.05) is 6.92 Å². The minimum Gasteiger partial charge on any atom is -0.472 e. The van der Waals surface area contributed by atoms with E-state index in [4.69, 9.17) is 0 Å². The molecule has 0 spiro atoms. The fraction of sp³-hybridized carbons (Fsp3) is 0.400. The van der Waals surface area contributed by atoms with E-state index in [1.54, 1.807) is 6.92 Å². The summed E-state index contributed by atoms with van der Waals surface area (Å²) in [5, 5.41) is 0. The maximum atomic E-state index is 11.8. The first-order valence-electron chi connectivity index (χ1n) is 4.53. The van der Waals surface area contributed by atoms with Gasteiger partial charge in [0.15, 0.2) is 12.4 Å². The molecule has 3 nitrogen and oxygen atoms in total. The molecule has 0 bridgehead atoms. The highest BCUT2D eigenvalue weighted by Crippen LogP contribution is 2.10. The van der Waals surface area contributed by atoms with Gasteiger partial charge in [-0.2, -0.15) is 0 Å². The number of hydrogen-bond donors (Lipinski definition) is 0. The van der Waals surface area contributed by atoms with E-state index in [0.29, 0.717) is 12.0 Å². The highest BCUT2D eigenvalue weighted by atomic mass is 19.3. The SMILES string of the molecule is CCC(=O)c1ccc(OCC(F)F)nc1. The first-order valence-corrected chi connectivity index (χ1v) is 4.53. The number of rotatable bonds is 5. The summed E-state index contributed by atoms with van der Waals surface area (Å²) < 4.78 is 28.2. The maximum absolute atomic E-state index is 11.8. The molecule has 0 aromatic carbocycles. The molecule has 1 heterocycles. The molecule has 0 N–H and O–H groups in total. The van der Waals surface area contributed by atoms with Crippen LogP contribution in [0.2, 0.25) is 0 Å². The Hall–Kier alpha value is -1.52. The molecular formula is C10H11F2NO2. The monoisotopic (exact) mass is 215 g/mol. The number of pyridine rings is 1. The van der Waals surface area contributed by atoms with E-state index < -0.39 is 13.0 Å². The smallest absolute Gasteiger partial charge is 0.272 e. The van der Waals surface area contributed by atoms with Crippen LogP contribution in [-0.2, 0) is 0 Å². The van der Waals surface area contributed by atoms with Crippen LogP contribution in [0.3, 0.4) is 0 Å². The predicted molar refractivity (Wildman–Crippen MR) is 50.4 cm³/mol. The molecule has 0 aliphatic rings. The van der Waals surface area contributed by atoms with Crippen LogP contribution in [-0.4, -0.2) is 23.8 Å². The fourth-order valence-electron chi connectivity index (χ4n) is 0.983. The summed E-state index contributed by atoms with van der Waals surface area (Å²) in [5.41, 5.74) is 0.460. The standard InChI is InChI=1S/C10H11F2NO2/c1-2-8(14)7-3-4-10(13-5-7)15-6-9(11)12/h3-5,9H,2,6H2,1H3. The van der Waals surface area contributed by atoms with Crippen LogP contribution in [0, 0.1) is 0 Å². The van der Waals surface area contributed by atoms with E-state index in [2.05, 4.69) is 9.72 Å². The second kappa shape index (κ2) is 5.38. The fourth-order valence-corrected chi connectivity index (χ4v) is 0.983. The summed E-state index contributed by atoms with van der Waals surface area (Å²) in [6.07, 6.45) is -0.810. The van der Waals surface area contributed by atoms with Gasteiger partial charge in [0, 0.05) is 24.2 Å². The number of ketones is 1. The van der Waals surface area contributed by atoms with Crippen LogP contribution >= 0.6 is 0 Å². The molecule has 5 heteroatoms. The van der Waals surface area contributed by atoms with Gasteiger partial charge < -0.3 is 4.74 Å². The Labute approximate surface area is 86.1 Å². The third-order valence-electron chi connectivity index (χ3n) is 1.74. The van der Waals surface area contributed by atoms with E-state index in [0.717, 1.165) is 0 Å². The van der Waals surface area contributed by atoms with Crippen LogP contribution in [0.15, 0.2) is 18.3 Å². The lowest BCUT2D eigenvalue weighted by atomic mass is 10.1. The number of carbonyl (C=O) groups is 1. The van der Waals surface area contributed by atoms with Crippen LogP contribution in [0.5, 0.6) is 5.88 Å². The van der Waals surface area contributed by atoms with Crippen LogP contribution in [0.25, 0.3) is 0 Å². The summed E-state index contributed by atoms with van der Waals surface area (Å²) in [7, 11) is 0. The van der Waals surface area contributed by atoms with Crippen LogP contribution in [0.1, 0.15) is 23.7 Å². The summed E-state index contributed by atoms with van der Waals surface area (Å²) in [6.45, 7) is 1.05. The van der Waals surface area contributed by atoms with Crippen molar-refractivity contribution in [3.63, 3.8) is 0 Å². The van der Waals surface area contributed by atoms with E-state index in [1.807, 2.05) is 0 Å². The van der Waals surface area contributed by atoms with Crippen molar-refractivity contribution in [2.45, 2.75) is 19.8 Å². The number of hydrogen-bond acceptors (Lipinski definition) is 3. The summed E-state index contributed by atoms with van der Waals surface area (Å²) in [5.74, 6) is 0.0610. The second-order valence-corrected chi connectivity index (χ2v) is 2.86. The molecule has 82 valence electrons. The Bertz CT molecular complexity index is 325. The molecule has 0 aliphatic carbocycles. The molecular weight excluding hydrogens is 204 g/mol. The highest BCUT2D eigenvalue weighted by Gasteiger charge is 2.06. The van der Waals surface area contributed by atoms with Gasteiger partial charge >= 0.3 is 0 Å². The minimum atomic E-state index is -2.52. The van der Waals surface area contributed by atoms with Crippen molar-refractivity contribution >= 4 is 5.78 Å². The molecule has 1 aromatic heterocycles. The van der Waals surface area contributed by atoms with Crippen LogP contribution in [0.4, 0.5) is 8.78 Å². The molecule has 0 amide bonds. The zero-order valence-electron chi connectivity index (χ0n) is 8.24. The van der Waals surface area contributed by atoms with Gasteiger partial charge in [0.05, 0.1) is 0 Å². The maximum Gasteiger partial charge on any atom is 0.272 e. The molecule has 0 saturated heterocycles. The normalized spacial score (nSPS) is 10.4. The molecule has 15 heavy (non-hydrogen) atoms. The highest BCUT2D eigenvalue weighted by molar-refractivity contribution is 5.95. The Morgan fingerprint density at radius 1 is 1.53 bits per heavy atom. The average Bonchev–Trinajstić information content (AvgIpc) is 2.26. The Balaban J connectivity index is 2.60. The quantitative estimate of drug-likeness (QED) is 0.707. The van der Waals surface area contributed by atoms with Crippen molar-refractivity contribution in [2.24, 2.45) is 0 Å². The van der Waals surface area contributed by atoms with Crippen molar-refractivity contribution in [1.29, 1.82) is 0 Å². The van der Waals surface area contributed by atoms with Gasteiger partial charge in [0.1, 0.15) is 0 Å². The lowest BCUT2D eigenvalue weighted by molar-refractivity contribution is 0.0795. The van der Waals surface area contributed by atoms with Crippen molar-refractivity contribution in [3.05, 3.63) is 23.9 Å². The number of Topliss-reactive ketones (excluding diaryl/α,β-unsaturated/α-hetero) is 1. The summed E-state index contributed by atoms with van der Waals surface area (Å²) >= 11 is 0. The van der Waals surface area contributed by atoms with Gasteiger partial charge in [0.2, 0.25) is 5.88 Å². The Kier molecular flexibility index (Phi) is 4.15. The van der Waals surface area contributed by atoms with Crippen molar-refractivity contribution in [2.75, 3.05) is 6.61 Å². The summed E-state index contributed by atoms with van der Waals surface area (Å²) in [6, 6.07) is 2.92. The molecule has 0 aliphatic heterocycles. The molecule has 0 radical (unpaired) electrons. The molecule has 1 aromatic rings. The Morgan fingerprint density at radius 3 is 2.73 bits per heavy atom. The van der Waals surface area contributed by atoms with Gasteiger partial charge in [-0.25, -0.2) is 13.8 Å². The number of halogens is 2. The third-order valence-corrected chi connectivity index (χ3v) is 1.74. The lowest BCUT2D eigenvalue weighted by Crippen LogP contribution is -2.08. The predicted octanol–water partition coefficient (Wildman–Crippen LogP) is 2.32. The number of ether oxygens (including phenoxy) is 1. The first kappa shape index (κ1) is 11.6. The summed E-state index contributed by atoms with van der Waals surface area (Å²) in [4.78, 5) is 14.9. The third kappa shape index (κ3) is 3.61. The van der Waals surface area contributed by atoms with Gasteiger partial charge in [0.25, 0.3) is 6.43 Å². The molecule has 1 rings (SSSR count). The Morgan fingerprint density at radius 2 is 2.27 bits per heavy atom. The van der Waals surface area contributed by atoms with E-state index >= 15 is 0 Å². The lowest BCUT2D eigenvalue weighted by Gasteiger charge is -2.04. The molecule has 0 fully saturated rings. The van der Waals surface area contributed by atoms with Crippen molar-refractivity contribution in [1.82, 2.24) is 4.98 Å². The topological polar surface area (TPSA) is 39.2 Å². The zero-order valence-corrected chi connectivity index (χ0v) is 8.24. The van der Waals surface area contributed by atoms with E-state index in [1.165, 1.54) is 18.3 Å². The van der Waals surface area contributed by atoms with E-state index in [-0.39, 0.29) is 11.7 Å². The minimum absolute atomic E-state index is 0.0390. The van der Waals surface area contributed by atoms with Gasteiger partial charge in [-0.15, -0.1) is 0 Å². The first-order chi connectivity index (χ1) is 7.13. The molecule has 0 unspecified atom stereocenters. The number of nitrogens with zero attached hydrogens (tertiary/aromatic N) is 1. The number of aromatic nitrogens is 1. The second-order valence-electron chi connectivity index (χ2n) is 2.86. The van der Waals surface area contributed by atoms with Crippen LogP contribution < -0.4 is 4.74 Å².